The zero-order valence-electron chi connectivity index (χ0n) is 17.8. The van der Waals surface area contributed by atoms with Crippen LogP contribution in [0.4, 0.5) is 0 Å². The zero-order chi connectivity index (χ0) is 25.4. The summed E-state index contributed by atoms with van der Waals surface area (Å²) in [6.45, 7) is -3.49. The molecule has 16 heteroatoms. The van der Waals surface area contributed by atoms with Crippen molar-refractivity contribution in [1.82, 2.24) is 0 Å². The molecule has 0 spiro atoms. The zero-order valence-corrected chi connectivity index (χ0v) is 17.8. The van der Waals surface area contributed by atoms with Crippen LogP contribution < -0.4 is 0 Å². The summed E-state index contributed by atoms with van der Waals surface area (Å²) in [6, 6.07) is 0. The fourth-order valence-electron chi connectivity index (χ4n) is 4.12. The first-order chi connectivity index (χ1) is 16.0. The fraction of sp³-hybridized carbons (Fsp3) is 1.00. The molecule has 3 heterocycles. The lowest BCUT2D eigenvalue weighted by molar-refractivity contribution is -0.400. The molecule has 200 valence electrons. The summed E-state index contributed by atoms with van der Waals surface area (Å²) in [5.41, 5.74) is 0. The van der Waals surface area contributed by atoms with Crippen LogP contribution >= 0.6 is 0 Å². The molecule has 3 saturated heterocycles. The van der Waals surface area contributed by atoms with Gasteiger partial charge in [-0.05, 0) is 0 Å². The molecule has 14 atom stereocenters. The molecule has 0 aromatic carbocycles. The fourth-order valence-corrected chi connectivity index (χ4v) is 4.12. The van der Waals surface area contributed by atoms with Crippen molar-refractivity contribution in [3.8, 4) is 0 Å². The first-order valence-electron chi connectivity index (χ1n) is 10.6. The maximum atomic E-state index is 10.6. The topological polar surface area (TPSA) is 269 Å². The molecular formula is C18H32O16. The average Bonchev–Trinajstić information content (AvgIpc) is 3.10. The number of rotatable bonds is 8. The Morgan fingerprint density at radius 3 is 1.50 bits per heavy atom. The molecule has 3 rings (SSSR count). The molecule has 0 aromatic heterocycles. The van der Waals surface area contributed by atoms with Crippen molar-refractivity contribution in [2.45, 2.75) is 85.5 Å². The highest BCUT2D eigenvalue weighted by Crippen LogP contribution is 2.39. The number of hydrogen-bond donors (Lipinski definition) is 11. The van der Waals surface area contributed by atoms with Crippen molar-refractivity contribution in [3.05, 3.63) is 0 Å². The summed E-state index contributed by atoms with van der Waals surface area (Å²) in [5, 5.41) is 109. The van der Waals surface area contributed by atoms with E-state index in [4.69, 9.17) is 23.7 Å². The van der Waals surface area contributed by atoms with Crippen molar-refractivity contribution in [1.29, 1.82) is 0 Å². The van der Waals surface area contributed by atoms with Crippen LogP contribution in [0.15, 0.2) is 0 Å². The molecule has 16 nitrogen and oxygen atoms in total. The number of hydrogen-bond acceptors (Lipinski definition) is 16. The van der Waals surface area contributed by atoms with E-state index in [0.717, 1.165) is 0 Å². The van der Waals surface area contributed by atoms with Gasteiger partial charge >= 0.3 is 0 Å². The molecule has 0 saturated carbocycles. The maximum Gasteiger partial charge on any atom is 0.224 e. The molecule has 11 N–H and O–H groups in total. The molecular weight excluding hydrogens is 472 g/mol. The van der Waals surface area contributed by atoms with E-state index in [1.165, 1.54) is 0 Å². The molecule has 3 fully saturated rings. The number of aliphatic hydroxyl groups is 11. The Morgan fingerprint density at radius 1 is 0.559 bits per heavy atom. The van der Waals surface area contributed by atoms with Crippen LogP contribution in [0.1, 0.15) is 0 Å². The van der Waals surface area contributed by atoms with Crippen molar-refractivity contribution in [2.24, 2.45) is 0 Å². The molecule has 3 aliphatic rings. The van der Waals surface area contributed by atoms with E-state index in [1.54, 1.807) is 0 Å². The molecule has 0 amide bonds. The smallest absolute Gasteiger partial charge is 0.224 e. The second-order valence-electron chi connectivity index (χ2n) is 8.37. The highest BCUT2D eigenvalue weighted by molar-refractivity contribution is 5.01. The first-order valence-corrected chi connectivity index (χ1v) is 10.6. The Morgan fingerprint density at radius 2 is 1.03 bits per heavy atom. The van der Waals surface area contributed by atoms with Gasteiger partial charge in [0.15, 0.2) is 12.6 Å². The van der Waals surface area contributed by atoms with Crippen LogP contribution in [-0.2, 0) is 23.7 Å². The van der Waals surface area contributed by atoms with Gasteiger partial charge in [0, 0.05) is 0 Å². The Bertz CT molecular complexity index is 651. The minimum absolute atomic E-state index is 0.777. The van der Waals surface area contributed by atoms with Crippen molar-refractivity contribution >= 4 is 0 Å². The molecule has 0 bridgehead atoms. The SMILES string of the molecule is OC[C@H]1O[C@@](CO)(O[C@H]2O[C@H](CO)[C@@H](O)[C@H](O)[C@H]2O)[C@H](O[C@H]2O[C@H](CO)[C@@H](O)[C@H](O)[C@H]2O)[C@H]1O. The van der Waals surface area contributed by atoms with E-state index in [0.29, 0.717) is 0 Å². The molecule has 0 unspecified atom stereocenters. The van der Waals surface area contributed by atoms with Crippen LogP contribution in [0.25, 0.3) is 0 Å². The molecule has 0 aliphatic carbocycles. The third-order valence-corrected chi connectivity index (χ3v) is 6.17. The van der Waals surface area contributed by atoms with Gasteiger partial charge in [-0.25, -0.2) is 0 Å². The van der Waals surface area contributed by atoms with Gasteiger partial charge in [-0.3, -0.25) is 0 Å². The van der Waals surface area contributed by atoms with E-state index in [2.05, 4.69) is 0 Å². The van der Waals surface area contributed by atoms with Crippen LogP contribution in [-0.4, -0.2) is 168 Å². The second-order valence-corrected chi connectivity index (χ2v) is 8.37. The Kier molecular flexibility index (Phi) is 9.18. The Balaban J connectivity index is 1.87. The Labute approximate surface area is 192 Å². The van der Waals surface area contributed by atoms with E-state index in [1.807, 2.05) is 0 Å². The van der Waals surface area contributed by atoms with Crippen molar-refractivity contribution < 1.29 is 79.9 Å². The third kappa shape index (κ3) is 4.96. The lowest BCUT2D eigenvalue weighted by Crippen LogP contribution is -2.64. The molecule has 3 aliphatic heterocycles. The van der Waals surface area contributed by atoms with Crippen LogP contribution in [0.3, 0.4) is 0 Å². The van der Waals surface area contributed by atoms with E-state index in [-0.39, 0.29) is 0 Å². The highest BCUT2D eigenvalue weighted by Gasteiger charge is 2.61. The van der Waals surface area contributed by atoms with Gasteiger partial charge in [0.25, 0.3) is 0 Å². The number of ether oxygens (including phenoxy) is 5. The van der Waals surface area contributed by atoms with Crippen LogP contribution in [0, 0.1) is 0 Å². The second kappa shape index (κ2) is 11.2. The minimum Gasteiger partial charge on any atom is -0.394 e. The standard InChI is InChI=1S/C18H32O16/c19-1-5-8(23)11(26)13(28)16(30-5)32-15-10(25)7(3-21)33-18(15,4-22)34-17-14(29)12(27)9(24)6(2-20)31-17/h5-17,19-29H,1-4H2/t5-,6-,7-,8-,9-,10+,11+,12+,13-,14-,15-,16-,17-,18+/m1/s1. The predicted octanol–water partition coefficient (Wildman–Crippen LogP) is -7.57. The number of aliphatic hydroxyl groups excluding tert-OH is 11. The lowest BCUT2D eigenvalue weighted by Gasteiger charge is -2.45. The van der Waals surface area contributed by atoms with Crippen LogP contribution in [0.5, 0.6) is 0 Å². The van der Waals surface area contributed by atoms with Gasteiger partial charge in [-0.1, -0.05) is 0 Å². The van der Waals surface area contributed by atoms with Gasteiger partial charge in [0.05, 0.1) is 19.8 Å². The Hall–Kier alpha value is -0.640. The summed E-state index contributed by atoms with van der Waals surface area (Å²) < 4.78 is 27.0. The van der Waals surface area contributed by atoms with Crippen molar-refractivity contribution in [2.75, 3.05) is 26.4 Å². The van der Waals surface area contributed by atoms with Gasteiger partial charge in [0.1, 0.15) is 73.8 Å². The molecule has 0 aromatic rings. The monoisotopic (exact) mass is 504 g/mol. The predicted molar refractivity (Wildman–Crippen MR) is 101 cm³/mol. The quantitative estimate of drug-likeness (QED) is 0.146. The highest BCUT2D eigenvalue weighted by atomic mass is 16.8. The van der Waals surface area contributed by atoms with Gasteiger partial charge in [-0.15, -0.1) is 0 Å². The summed E-state index contributed by atoms with van der Waals surface area (Å²) in [7, 11) is 0. The van der Waals surface area contributed by atoms with E-state index >= 15 is 0 Å². The maximum absolute atomic E-state index is 10.6. The largest absolute Gasteiger partial charge is 0.394 e. The third-order valence-electron chi connectivity index (χ3n) is 6.17. The van der Waals surface area contributed by atoms with E-state index in [9.17, 15) is 56.2 Å². The molecule has 0 radical (unpaired) electrons. The summed E-state index contributed by atoms with van der Waals surface area (Å²) in [4.78, 5) is 0. The van der Waals surface area contributed by atoms with Gasteiger partial charge in [0.2, 0.25) is 5.79 Å². The molecule has 34 heavy (non-hydrogen) atoms. The summed E-state index contributed by atoms with van der Waals surface area (Å²) in [5.74, 6) is -2.43. The average molecular weight is 504 g/mol. The summed E-state index contributed by atoms with van der Waals surface area (Å²) in [6.07, 6.45) is -22.3. The van der Waals surface area contributed by atoms with Crippen LogP contribution in [0.2, 0.25) is 0 Å². The normalized spacial score (nSPS) is 52.1. The minimum atomic E-state index is -2.43. The first kappa shape index (κ1) is 27.9. The van der Waals surface area contributed by atoms with E-state index < -0.39 is 112 Å². The van der Waals surface area contributed by atoms with Gasteiger partial charge in [-0.2, -0.15) is 0 Å². The summed E-state index contributed by atoms with van der Waals surface area (Å²) >= 11 is 0. The van der Waals surface area contributed by atoms with Gasteiger partial charge < -0.3 is 79.9 Å². The van der Waals surface area contributed by atoms with Crippen molar-refractivity contribution in [3.63, 3.8) is 0 Å². The lowest BCUT2D eigenvalue weighted by atomic mass is 9.98.